The van der Waals surface area contributed by atoms with Crippen LogP contribution in [0.1, 0.15) is 64.2 Å². The molecule has 1 fully saturated rings. The first-order chi connectivity index (χ1) is 19.5. The highest BCUT2D eigenvalue weighted by molar-refractivity contribution is 5.98. The summed E-state index contributed by atoms with van der Waals surface area (Å²) in [5.74, 6) is -0.134. The van der Waals surface area contributed by atoms with Crippen molar-refractivity contribution in [2.45, 2.75) is 44.7 Å². The second kappa shape index (κ2) is 12.6. The van der Waals surface area contributed by atoms with Crippen molar-refractivity contribution in [2.24, 2.45) is 11.0 Å². The van der Waals surface area contributed by atoms with Gasteiger partial charge in [-0.15, -0.1) is 5.10 Å². The molecule has 0 saturated heterocycles. The van der Waals surface area contributed by atoms with Crippen LogP contribution in [0, 0.1) is 5.92 Å². The maximum Gasteiger partial charge on any atom is 0.337 e. The second-order valence-corrected chi connectivity index (χ2v) is 10.2. The Balaban J connectivity index is 1.27. The fourth-order valence-electron chi connectivity index (χ4n) is 5.35. The summed E-state index contributed by atoms with van der Waals surface area (Å²) in [5, 5.41) is 8.98. The van der Waals surface area contributed by atoms with Gasteiger partial charge in [0.25, 0.3) is 5.91 Å². The molecule has 8 heteroatoms. The number of hydrogen-bond donors (Lipinski definition) is 1. The molecule has 0 radical (unpaired) electrons. The monoisotopic (exact) mass is 539 g/mol. The molecule has 3 aromatic carbocycles. The van der Waals surface area contributed by atoms with E-state index in [4.69, 9.17) is 9.47 Å². The standard InChI is InChI=1S/C32H33N3O5/c1-39-32(38)27-17-11-22(12-18-27)19-33-30(37)29(24-7-5-6-8-24)25-15-13-23(14-16-25)20-35-28(36)21-40-31(34-35)26-9-3-2-4-10-26/h2-4,9-18,24,29H,5-8,19-21H2,1H3,(H,33,37). The maximum absolute atomic E-state index is 13.5. The highest BCUT2D eigenvalue weighted by Crippen LogP contribution is 2.37. The van der Waals surface area contributed by atoms with Gasteiger partial charge in [0.2, 0.25) is 11.8 Å². The first-order valence-electron chi connectivity index (χ1n) is 13.6. The lowest BCUT2D eigenvalue weighted by Gasteiger charge is -2.25. The van der Waals surface area contributed by atoms with Crippen molar-refractivity contribution in [3.63, 3.8) is 0 Å². The Morgan fingerprint density at radius 2 is 1.65 bits per heavy atom. The van der Waals surface area contributed by atoms with Crippen molar-refractivity contribution in [1.82, 2.24) is 10.3 Å². The van der Waals surface area contributed by atoms with E-state index in [1.165, 1.54) is 12.1 Å². The molecule has 2 amide bonds. The highest BCUT2D eigenvalue weighted by atomic mass is 16.5. The maximum atomic E-state index is 13.5. The van der Waals surface area contributed by atoms with Gasteiger partial charge in [-0.25, -0.2) is 9.80 Å². The van der Waals surface area contributed by atoms with E-state index in [0.29, 0.717) is 24.6 Å². The van der Waals surface area contributed by atoms with Gasteiger partial charge >= 0.3 is 5.97 Å². The summed E-state index contributed by atoms with van der Waals surface area (Å²) in [4.78, 5) is 37.6. The molecule has 1 atom stereocenters. The number of carbonyl (C=O) groups excluding carboxylic acids is 3. The minimum atomic E-state index is -0.387. The molecule has 8 nitrogen and oxygen atoms in total. The Bertz CT molecular complexity index is 1360. The Morgan fingerprint density at radius 3 is 2.33 bits per heavy atom. The summed E-state index contributed by atoms with van der Waals surface area (Å²) in [6.45, 7) is 0.643. The zero-order valence-electron chi connectivity index (χ0n) is 22.5. The third-order valence-electron chi connectivity index (χ3n) is 7.52. The van der Waals surface area contributed by atoms with E-state index in [9.17, 15) is 14.4 Å². The highest BCUT2D eigenvalue weighted by Gasteiger charge is 2.32. The van der Waals surface area contributed by atoms with Crippen LogP contribution >= 0.6 is 0 Å². The largest absolute Gasteiger partial charge is 0.466 e. The first kappa shape index (κ1) is 27.1. The molecule has 1 N–H and O–H groups in total. The minimum absolute atomic E-state index is 0.00263. The van der Waals surface area contributed by atoms with Gasteiger partial charge < -0.3 is 14.8 Å². The molecule has 0 aromatic heterocycles. The van der Waals surface area contributed by atoms with Gasteiger partial charge in [0, 0.05) is 12.1 Å². The van der Waals surface area contributed by atoms with Gasteiger partial charge in [-0.2, -0.15) is 0 Å². The number of rotatable bonds is 9. The topological polar surface area (TPSA) is 97.3 Å². The van der Waals surface area contributed by atoms with Crippen molar-refractivity contribution in [3.05, 3.63) is 107 Å². The van der Waals surface area contributed by atoms with Crippen LogP contribution in [0.2, 0.25) is 0 Å². The number of methoxy groups -OCH3 is 1. The summed E-state index contributed by atoms with van der Waals surface area (Å²) in [6.07, 6.45) is 4.30. The van der Waals surface area contributed by atoms with E-state index in [1.807, 2.05) is 66.7 Å². The molecule has 206 valence electrons. The van der Waals surface area contributed by atoms with Gasteiger partial charge in [-0.1, -0.05) is 67.4 Å². The molecule has 40 heavy (non-hydrogen) atoms. The lowest BCUT2D eigenvalue weighted by molar-refractivity contribution is -0.136. The number of benzene rings is 3. The number of esters is 1. The average molecular weight is 540 g/mol. The van der Waals surface area contributed by atoms with Gasteiger partial charge in [0.1, 0.15) is 0 Å². The summed E-state index contributed by atoms with van der Waals surface area (Å²) in [5.41, 5.74) is 4.09. The summed E-state index contributed by atoms with van der Waals surface area (Å²) < 4.78 is 10.3. The molecule has 1 saturated carbocycles. The van der Waals surface area contributed by atoms with Crippen molar-refractivity contribution < 1.29 is 23.9 Å². The Kier molecular flexibility index (Phi) is 8.54. The molecule has 1 heterocycles. The molecule has 0 bridgehead atoms. The summed E-state index contributed by atoms with van der Waals surface area (Å²) in [7, 11) is 1.35. The fraction of sp³-hybridized carbons (Fsp3) is 0.312. The lowest BCUT2D eigenvalue weighted by Crippen LogP contribution is -2.36. The Labute approximate surface area is 234 Å². The number of hydrogen-bond acceptors (Lipinski definition) is 6. The van der Waals surface area contributed by atoms with E-state index in [2.05, 4.69) is 10.4 Å². The quantitative estimate of drug-likeness (QED) is 0.395. The van der Waals surface area contributed by atoms with E-state index in [-0.39, 0.29) is 36.2 Å². The molecule has 1 aliphatic heterocycles. The van der Waals surface area contributed by atoms with E-state index in [1.54, 1.807) is 12.1 Å². The van der Waals surface area contributed by atoms with Crippen LogP contribution in [0.3, 0.4) is 0 Å². The number of ether oxygens (including phenoxy) is 2. The Morgan fingerprint density at radius 1 is 0.975 bits per heavy atom. The molecular formula is C32H33N3O5. The van der Waals surface area contributed by atoms with Crippen LogP contribution in [0.15, 0.2) is 84.0 Å². The summed E-state index contributed by atoms with van der Waals surface area (Å²) >= 11 is 0. The van der Waals surface area contributed by atoms with Gasteiger partial charge in [0.05, 0.1) is 25.1 Å². The molecule has 1 unspecified atom stereocenters. The van der Waals surface area contributed by atoms with E-state index in [0.717, 1.165) is 47.9 Å². The number of nitrogens with zero attached hydrogens (tertiary/aromatic N) is 2. The van der Waals surface area contributed by atoms with Gasteiger partial charge in [-0.05, 0) is 59.7 Å². The van der Waals surface area contributed by atoms with Crippen LogP contribution < -0.4 is 5.32 Å². The summed E-state index contributed by atoms with van der Waals surface area (Å²) in [6, 6.07) is 24.5. The zero-order chi connectivity index (χ0) is 27.9. The second-order valence-electron chi connectivity index (χ2n) is 10.2. The molecule has 5 rings (SSSR count). The normalized spacial score (nSPS) is 16.2. The Hall–Kier alpha value is -4.46. The first-order valence-corrected chi connectivity index (χ1v) is 13.6. The van der Waals surface area contributed by atoms with Crippen LogP contribution in [-0.2, 0) is 32.2 Å². The molecule has 0 spiro atoms. The van der Waals surface area contributed by atoms with Crippen molar-refractivity contribution in [2.75, 3.05) is 13.7 Å². The van der Waals surface area contributed by atoms with E-state index >= 15 is 0 Å². The van der Waals surface area contributed by atoms with Crippen LogP contribution in [-0.4, -0.2) is 42.4 Å². The smallest absolute Gasteiger partial charge is 0.337 e. The number of nitrogens with one attached hydrogen (secondary N) is 1. The van der Waals surface area contributed by atoms with Crippen LogP contribution in [0.5, 0.6) is 0 Å². The predicted octanol–water partition coefficient (Wildman–Crippen LogP) is 4.78. The van der Waals surface area contributed by atoms with Gasteiger partial charge in [-0.3, -0.25) is 9.59 Å². The lowest BCUT2D eigenvalue weighted by atomic mass is 9.83. The molecule has 3 aromatic rings. The van der Waals surface area contributed by atoms with Gasteiger partial charge in [0.15, 0.2) is 6.61 Å². The molecule has 1 aliphatic carbocycles. The predicted molar refractivity (Wildman–Crippen MR) is 150 cm³/mol. The fourth-order valence-corrected chi connectivity index (χ4v) is 5.35. The van der Waals surface area contributed by atoms with Crippen LogP contribution in [0.25, 0.3) is 0 Å². The number of carbonyl (C=O) groups is 3. The third kappa shape index (κ3) is 6.39. The minimum Gasteiger partial charge on any atom is -0.466 e. The van der Waals surface area contributed by atoms with Crippen LogP contribution in [0.4, 0.5) is 0 Å². The number of hydrazone groups is 1. The zero-order valence-corrected chi connectivity index (χ0v) is 22.5. The van der Waals surface area contributed by atoms with Crippen molar-refractivity contribution >= 4 is 23.7 Å². The number of amides is 2. The average Bonchev–Trinajstić information content (AvgIpc) is 3.53. The van der Waals surface area contributed by atoms with Crippen molar-refractivity contribution in [1.29, 1.82) is 0 Å². The van der Waals surface area contributed by atoms with E-state index < -0.39 is 0 Å². The molecular weight excluding hydrogens is 506 g/mol. The molecule has 2 aliphatic rings. The third-order valence-corrected chi connectivity index (χ3v) is 7.52. The van der Waals surface area contributed by atoms with Crippen molar-refractivity contribution in [3.8, 4) is 0 Å². The SMILES string of the molecule is COC(=O)c1ccc(CNC(=O)C(c2ccc(CN3N=C(c4ccccc4)OCC3=O)cc2)C2CCCC2)cc1.